The number of rotatable bonds is 4. The zero-order valence-corrected chi connectivity index (χ0v) is 11.9. The third-order valence-electron chi connectivity index (χ3n) is 2.75. The molecule has 0 radical (unpaired) electrons. The SMILES string of the molecule is COc1cccc(CC(=O)c2cccc(F)c2Br)c1. The first-order chi connectivity index (χ1) is 9.11. The van der Waals surface area contributed by atoms with Crippen molar-refractivity contribution in [1.82, 2.24) is 0 Å². The molecule has 0 amide bonds. The molecule has 0 aliphatic carbocycles. The Balaban J connectivity index is 2.23. The van der Waals surface area contributed by atoms with Crippen LogP contribution in [0, 0.1) is 5.82 Å². The summed E-state index contributed by atoms with van der Waals surface area (Å²) < 4.78 is 18.7. The Kier molecular flexibility index (Phi) is 4.32. The van der Waals surface area contributed by atoms with Crippen molar-refractivity contribution in [2.45, 2.75) is 6.42 Å². The lowest BCUT2D eigenvalue weighted by Crippen LogP contribution is -2.05. The topological polar surface area (TPSA) is 26.3 Å². The fourth-order valence-corrected chi connectivity index (χ4v) is 2.27. The van der Waals surface area contributed by atoms with Crippen LogP contribution >= 0.6 is 15.9 Å². The average molecular weight is 323 g/mol. The molecule has 0 saturated heterocycles. The van der Waals surface area contributed by atoms with Gasteiger partial charge in [-0.15, -0.1) is 0 Å². The van der Waals surface area contributed by atoms with E-state index < -0.39 is 5.82 Å². The van der Waals surface area contributed by atoms with Gasteiger partial charge in [0.2, 0.25) is 0 Å². The number of carbonyl (C=O) groups is 1. The Labute approximate surface area is 119 Å². The van der Waals surface area contributed by atoms with Gasteiger partial charge in [0.05, 0.1) is 11.6 Å². The van der Waals surface area contributed by atoms with Crippen molar-refractivity contribution in [3.05, 3.63) is 63.9 Å². The molecule has 0 aromatic heterocycles. The Morgan fingerprint density at radius 3 is 2.74 bits per heavy atom. The number of ketones is 1. The maximum Gasteiger partial charge on any atom is 0.168 e. The summed E-state index contributed by atoms with van der Waals surface area (Å²) in [6, 6.07) is 11.7. The first-order valence-electron chi connectivity index (χ1n) is 5.72. The van der Waals surface area contributed by atoms with Crippen molar-refractivity contribution in [2.75, 3.05) is 7.11 Å². The van der Waals surface area contributed by atoms with Gasteiger partial charge in [-0.25, -0.2) is 4.39 Å². The normalized spacial score (nSPS) is 10.3. The highest BCUT2D eigenvalue weighted by Crippen LogP contribution is 2.22. The van der Waals surface area contributed by atoms with E-state index >= 15 is 0 Å². The lowest BCUT2D eigenvalue weighted by molar-refractivity contribution is 0.0991. The number of benzene rings is 2. The summed E-state index contributed by atoms with van der Waals surface area (Å²) >= 11 is 3.10. The summed E-state index contributed by atoms with van der Waals surface area (Å²) in [6.45, 7) is 0. The Morgan fingerprint density at radius 1 is 1.26 bits per heavy atom. The van der Waals surface area contributed by atoms with E-state index in [-0.39, 0.29) is 16.7 Å². The Morgan fingerprint density at radius 2 is 2.00 bits per heavy atom. The zero-order valence-electron chi connectivity index (χ0n) is 10.3. The number of ether oxygens (including phenoxy) is 1. The summed E-state index contributed by atoms with van der Waals surface area (Å²) in [5.41, 5.74) is 1.18. The van der Waals surface area contributed by atoms with Gasteiger partial charge < -0.3 is 4.74 Å². The number of Topliss-reactive ketones (excluding diaryl/α,β-unsaturated/α-hetero) is 1. The molecule has 2 aromatic carbocycles. The van der Waals surface area contributed by atoms with Gasteiger partial charge in [-0.05, 0) is 39.7 Å². The fraction of sp³-hybridized carbons (Fsp3) is 0.133. The molecule has 2 aromatic rings. The number of halogens is 2. The second kappa shape index (κ2) is 5.97. The van der Waals surface area contributed by atoms with E-state index in [1.165, 1.54) is 12.1 Å². The van der Waals surface area contributed by atoms with E-state index in [0.29, 0.717) is 11.3 Å². The minimum atomic E-state index is -0.434. The fourth-order valence-electron chi connectivity index (χ4n) is 1.78. The summed E-state index contributed by atoms with van der Waals surface area (Å²) in [7, 11) is 1.57. The highest BCUT2D eigenvalue weighted by Gasteiger charge is 2.13. The van der Waals surface area contributed by atoms with Gasteiger partial charge in [0.15, 0.2) is 5.78 Å². The highest BCUT2D eigenvalue weighted by molar-refractivity contribution is 9.10. The van der Waals surface area contributed by atoms with Crippen molar-refractivity contribution >= 4 is 21.7 Å². The van der Waals surface area contributed by atoms with E-state index in [1.807, 2.05) is 18.2 Å². The average Bonchev–Trinajstić information content (AvgIpc) is 2.42. The maximum absolute atomic E-state index is 13.4. The molecule has 0 N–H and O–H groups in total. The van der Waals surface area contributed by atoms with Crippen LogP contribution in [0.15, 0.2) is 46.9 Å². The van der Waals surface area contributed by atoms with Crippen molar-refractivity contribution in [1.29, 1.82) is 0 Å². The molecule has 0 spiro atoms. The first kappa shape index (κ1) is 13.7. The van der Waals surface area contributed by atoms with Crippen LogP contribution in [0.3, 0.4) is 0 Å². The lowest BCUT2D eigenvalue weighted by Gasteiger charge is -2.06. The molecule has 2 nitrogen and oxygen atoms in total. The molecule has 2 rings (SSSR count). The van der Waals surface area contributed by atoms with Gasteiger partial charge >= 0.3 is 0 Å². The molecule has 0 fully saturated rings. The van der Waals surface area contributed by atoms with Crippen LogP contribution in [-0.4, -0.2) is 12.9 Å². The number of hydrogen-bond donors (Lipinski definition) is 0. The molecule has 19 heavy (non-hydrogen) atoms. The molecule has 98 valence electrons. The second-order valence-electron chi connectivity index (χ2n) is 4.05. The first-order valence-corrected chi connectivity index (χ1v) is 6.51. The van der Waals surface area contributed by atoms with Crippen LogP contribution in [0.2, 0.25) is 0 Å². The van der Waals surface area contributed by atoms with Gasteiger partial charge in [0, 0.05) is 12.0 Å². The molecule has 0 heterocycles. The van der Waals surface area contributed by atoms with Crippen LogP contribution in [0.5, 0.6) is 5.75 Å². The second-order valence-corrected chi connectivity index (χ2v) is 4.85. The Hall–Kier alpha value is -1.68. The minimum Gasteiger partial charge on any atom is -0.497 e. The van der Waals surface area contributed by atoms with Gasteiger partial charge in [-0.3, -0.25) is 4.79 Å². The van der Waals surface area contributed by atoms with E-state index in [2.05, 4.69) is 15.9 Å². The van der Waals surface area contributed by atoms with Crippen LogP contribution in [0.25, 0.3) is 0 Å². The molecule has 0 bridgehead atoms. The number of methoxy groups -OCH3 is 1. The molecular weight excluding hydrogens is 311 g/mol. The number of hydrogen-bond acceptors (Lipinski definition) is 2. The van der Waals surface area contributed by atoms with Crippen LogP contribution < -0.4 is 4.74 Å². The molecule has 0 aliphatic heterocycles. The summed E-state index contributed by atoms with van der Waals surface area (Å²) in [5, 5.41) is 0. The predicted molar refractivity (Wildman–Crippen MR) is 75.1 cm³/mol. The van der Waals surface area contributed by atoms with Gasteiger partial charge in [-0.2, -0.15) is 0 Å². The van der Waals surface area contributed by atoms with Crippen molar-refractivity contribution in [3.8, 4) is 5.75 Å². The number of carbonyl (C=O) groups excluding carboxylic acids is 1. The zero-order chi connectivity index (χ0) is 13.8. The van der Waals surface area contributed by atoms with Gasteiger partial charge in [-0.1, -0.05) is 24.3 Å². The van der Waals surface area contributed by atoms with Gasteiger partial charge in [0.25, 0.3) is 0 Å². The van der Waals surface area contributed by atoms with Crippen molar-refractivity contribution in [2.24, 2.45) is 0 Å². The third kappa shape index (κ3) is 3.20. The molecule has 0 saturated carbocycles. The maximum atomic E-state index is 13.4. The van der Waals surface area contributed by atoms with E-state index in [0.717, 1.165) is 5.56 Å². The largest absolute Gasteiger partial charge is 0.497 e. The molecule has 0 unspecified atom stereocenters. The van der Waals surface area contributed by atoms with E-state index in [1.54, 1.807) is 19.2 Å². The molecule has 0 aliphatic rings. The van der Waals surface area contributed by atoms with Gasteiger partial charge in [0.1, 0.15) is 11.6 Å². The quantitative estimate of drug-likeness (QED) is 0.795. The smallest absolute Gasteiger partial charge is 0.168 e. The monoisotopic (exact) mass is 322 g/mol. The van der Waals surface area contributed by atoms with E-state index in [4.69, 9.17) is 4.74 Å². The summed E-state index contributed by atoms with van der Waals surface area (Å²) in [6.07, 6.45) is 0.208. The molecule has 0 atom stereocenters. The summed E-state index contributed by atoms with van der Waals surface area (Å²) in [4.78, 5) is 12.1. The minimum absolute atomic E-state index is 0.139. The molecular formula is C15H12BrFO2. The predicted octanol–water partition coefficient (Wildman–Crippen LogP) is 4.02. The standard InChI is InChI=1S/C15H12BrFO2/c1-19-11-5-2-4-10(8-11)9-14(18)12-6-3-7-13(17)15(12)16/h2-8H,9H2,1H3. The van der Waals surface area contributed by atoms with Crippen LogP contribution in [-0.2, 0) is 6.42 Å². The highest BCUT2D eigenvalue weighted by atomic mass is 79.9. The van der Waals surface area contributed by atoms with Crippen LogP contribution in [0.1, 0.15) is 15.9 Å². The molecule has 4 heteroatoms. The van der Waals surface area contributed by atoms with Crippen molar-refractivity contribution < 1.29 is 13.9 Å². The Bertz CT molecular complexity index is 611. The third-order valence-corrected chi connectivity index (χ3v) is 3.56. The van der Waals surface area contributed by atoms with Crippen LogP contribution in [0.4, 0.5) is 4.39 Å². The lowest BCUT2D eigenvalue weighted by atomic mass is 10.0. The summed E-state index contributed by atoms with van der Waals surface area (Å²) in [5.74, 6) is 0.125. The van der Waals surface area contributed by atoms with E-state index in [9.17, 15) is 9.18 Å². The van der Waals surface area contributed by atoms with Crippen molar-refractivity contribution in [3.63, 3.8) is 0 Å².